The molecule has 84 valence electrons. The Balaban J connectivity index is 1.95. The lowest BCUT2D eigenvalue weighted by Gasteiger charge is -2.22. The van der Waals surface area contributed by atoms with Crippen molar-refractivity contribution in [2.24, 2.45) is 5.41 Å². The lowest BCUT2D eigenvalue weighted by molar-refractivity contribution is -0.133. The summed E-state index contributed by atoms with van der Waals surface area (Å²) in [5.74, 6) is 0.109. The van der Waals surface area contributed by atoms with Crippen LogP contribution >= 0.6 is 0 Å². The zero-order chi connectivity index (χ0) is 11.1. The van der Waals surface area contributed by atoms with Gasteiger partial charge >= 0.3 is 0 Å². The molecule has 4 heteroatoms. The zero-order valence-corrected chi connectivity index (χ0v) is 9.38. The van der Waals surface area contributed by atoms with Crippen molar-refractivity contribution < 1.29 is 9.59 Å². The van der Waals surface area contributed by atoms with Crippen LogP contribution in [-0.2, 0) is 9.59 Å². The fourth-order valence-electron chi connectivity index (χ4n) is 2.32. The maximum atomic E-state index is 12.0. The highest BCUT2D eigenvalue weighted by molar-refractivity contribution is 5.90. The Morgan fingerprint density at radius 2 is 2.27 bits per heavy atom. The standard InChI is InChI=1S/C11H18N2O2/c1-11(2)5-6-13(7-11)10(15)8-3-4-9(14)12-8/h8H,3-7H2,1-2H3,(H,12,14)/t8-/m0/s1. The van der Waals surface area contributed by atoms with E-state index in [0.29, 0.717) is 12.8 Å². The van der Waals surface area contributed by atoms with E-state index in [1.54, 1.807) is 0 Å². The molecule has 0 spiro atoms. The first kappa shape index (κ1) is 10.5. The Labute approximate surface area is 90.0 Å². The van der Waals surface area contributed by atoms with E-state index >= 15 is 0 Å². The van der Waals surface area contributed by atoms with Crippen molar-refractivity contribution in [2.75, 3.05) is 13.1 Å². The largest absolute Gasteiger partial charge is 0.344 e. The molecule has 0 bridgehead atoms. The third-order valence-corrected chi connectivity index (χ3v) is 3.28. The molecule has 2 saturated heterocycles. The molecule has 0 aromatic heterocycles. The summed E-state index contributed by atoms with van der Waals surface area (Å²) in [7, 11) is 0. The first-order valence-corrected chi connectivity index (χ1v) is 5.56. The topological polar surface area (TPSA) is 49.4 Å². The van der Waals surface area contributed by atoms with Crippen LogP contribution in [0.5, 0.6) is 0 Å². The van der Waals surface area contributed by atoms with Crippen LogP contribution in [0.1, 0.15) is 33.1 Å². The molecule has 1 atom stereocenters. The molecule has 0 unspecified atom stereocenters. The van der Waals surface area contributed by atoms with Gasteiger partial charge in [-0.25, -0.2) is 0 Å². The number of likely N-dealkylation sites (tertiary alicyclic amines) is 1. The van der Waals surface area contributed by atoms with Gasteiger partial charge in [0.2, 0.25) is 11.8 Å². The van der Waals surface area contributed by atoms with Crippen molar-refractivity contribution >= 4 is 11.8 Å². The lowest BCUT2D eigenvalue weighted by atomic mass is 9.93. The van der Waals surface area contributed by atoms with Gasteiger partial charge in [-0.1, -0.05) is 13.8 Å². The van der Waals surface area contributed by atoms with Crippen LogP contribution in [0.4, 0.5) is 0 Å². The van der Waals surface area contributed by atoms with Crippen LogP contribution in [0.2, 0.25) is 0 Å². The highest BCUT2D eigenvalue weighted by atomic mass is 16.2. The number of amides is 2. The molecule has 2 fully saturated rings. The Hall–Kier alpha value is -1.06. The fraction of sp³-hybridized carbons (Fsp3) is 0.818. The van der Waals surface area contributed by atoms with E-state index in [2.05, 4.69) is 19.2 Å². The summed E-state index contributed by atoms with van der Waals surface area (Å²) in [4.78, 5) is 24.9. The van der Waals surface area contributed by atoms with Gasteiger partial charge in [0.1, 0.15) is 6.04 Å². The minimum Gasteiger partial charge on any atom is -0.344 e. The van der Waals surface area contributed by atoms with Crippen LogP contribution < -0.4 is 5.32 Å². The molecular formula is C11H18N2O2. The number of nitrogens with one attached hydrogen (secondary N) is 1. The normalized spacial score (nSPS) is 29.3. The van der Waals surface area contributed by atoms with Gasteiger partial charge in [-0.2, -0.15) is 0 Å². The molecular weight excluding hydrogens is 192 g/mol. The molecule has 2 rings (SSSR count). The maximum absolute atomic E-state index is 12.0. The summed E-state index contributed by atoms with van der Waals surface area (Å²) in [5, 5.41) is 2.73. The first-order chi connectivity index (χ1) is 6.98. The van der Waals surface area contributed by atoms with Crippen LogP contribution in [0.25, 0.3) is 0 Å². The molecule has 2 aliphatic heterocycles. The van der Waals surface area contributed by atoms with Crippen LogP contribution in [0.15, 0.2) is 0 Å². The van der Waals surface area contributed by atoms with Crippen molar-refractivity contribution in [3.05, 3.63) is 0 Å². The van der Waals surface area contributed by atoms with E-state index in [4.69, 9.17) is 0 Å². The van der Waals surface area contributed by atoms with E-state index in [-0.39, 0.29) is 23.3 Å². The van der Waals surface area contributed by atoms with Crippen molar-refractivity contribution in [1.82, 2.24) is 10.2 Å². The molecule has 0 aromatic carbocycles. The van der Waals surface area contributed by atoms with Gasteiger partial charge < -0.3 is 10.2 Å². The number of hydrogen-bond donors (Lipinski definition) is 1. The van der Waals surface area contributed by atoms with Crippen molar-refractivity contribution in [1.29, 1.82) is 0 Å². The Kier molecular flexibility index (Phi) is 2.44. The van der Waals surface area contributed by atoms with Gasteiger partial charge in [0.25, 0.3) is 0 Å². The van der Waals surface area contributed by atoms with Crippen molar-refractivity contribution in [3.63, 3.8) is 0 Å². The van der Waals surface area contributed by atoms with Gasteiger partial charge in [-0.3, -0.25) is 9.59 Å². The first-order valence-electron chi connectivity index (χ1n) is 5.56. The summed E-state index contributed by atoms with van der Waals surface area (Å²) >= 11 is 0. The summed E-state index contributed by atoms with van der Waals surface area (Å²) in [6.07, 6.45) is 2.21. The van der Waals surface area contributed by atoms with Crippen LogP contribution in [0.3, 0.4) is 0 Å². The highest BCUT2D eigenvalue weighted by Crippen LogP contribution is 2.29. The van der Waals surface area contributed by atoms with E-state index in [9.17, 15) is 9.59 Å². The minimum absolute atomic E-state index is 0.00630. The van der Waals surface area contributed by atoms with Gasteiger partial charge in [-0.05, 0) is 18.3 Å². The maximum Gasteiger partial charge on any atom is 0.245 e. The third kappa shape index (κ3) is 2.13. The number of rotatable bonds is 1. The van der Waals surface area contributed by atoms with E-state index in [1.807, 2.05) is 4.90 Å². The molecule has 0 aromatic rings. The fourth-order valence-corrected chi connectivity index (χ4v) is 2.32. The molecule has 0 aliphatic carbocycles. The predicted octanol–water partition coefficient (Wildman–Crippen LogP) is 0.523. The summed E-state index contributed by atoms with van der Waals surface area (Å²) in [5.41, 5.74) is 0.234. The molecule has 0 saturated carbocycles. The second-order valence-electron chi connectivity index (χ2n) is 5.33. The average Bonchev–Trinajstić information content (AvgIpc) is 2.71. The lowest BCUT2D eigenvalue weighted by Crippen LogP contribution is -2.43. The third-order valence-electron chi connectivity index (χ3n) is 3.28. The molecule has 2 heterocycles. The number of hydrogen-bond acceptors (Lipinski definition) is 2. The second kappa shape index (κ2) is 3.51. The molecule has 2 aliphatic rings. The minimum atomic E-state index is -0.258. The molecule has 2 amide bonds. The SMILES string of the molecule is CC1(C)CCN(C(=O)[C@@H]2CCC(=O)N2)C1. The molecule has 0 radical (unpaired) electrons. The number of nitrogens with zero attached hydrogens (tertiary/aromatic N) is 1. The Morgan fingerprint density at radius 3 is 2.73 bits per heavy atom. The van der Waals surface area contributed by atoms with Gasteiger partial charge in [0.15, 0.2) is 0 Å². The summed E-state index contributed by atoms with van der Waals surface area (Å²) in [6.45, 7) is 6.00. The van der Waals surface area contributed by atoms with E-state index in [0.717, 1.165) is 19.5 Å². The average molecular weight is 210 g/mol. The van der Waals surface area contributed by atoms with Gasteiger partial charge in [0, 0.05) is 19.5 Å². The number of carbonyl (C=O) groups is 2. The smallest absolute Gasteiger partial charge is 0.245 e. The van der Waals surface area contributed by atoms with Gasteiger partial charge in [-0.15, -0.1) is 0 Å². The van der Waals surface area contributed by atoms with Crippen LogP contribution in [0, 0.1) is 5.41 Å². The second-order valence-corrected chi connectivity index (χ2v) is 5.33. The van der Waals surface area contributed by atoms with E-state index < -0.39 is 0 Å². The van der Waals surface area contributed by atoms with E-state index in [1.165, 1.54) is 0 Å². The summed E-state index contributed by atoms with van der Waals surface area (Å²) < 4.78 is 0. The predicted molar refractivity (Wildman–Crippen MR) is 56.1 cm³/mol. The highest BCUT2D eigenvalue weighted by Gasteiger charge is 2.37. The zero-order valence-electron chi connectivity index (χ0n) is 9.38. The molecule has 15 heavy (non-hydrogen) atoms. The van der Waals surface area contributed by atoms with Crippen molar-refractivity contribution in [2.45, 2.75) is 39.2 Å². The van der Waals surface area contributed by atoms with Crippen molar-refractivity contribution in [3.8, 4) is 0 Å². The van der Waals surface area contributed by atoms with Gasteiger partial charge in [0.05, 0.1) is 0 Å². The molecule has 4 nitrogen and oxygen atoms in total. The summed E-state index contributed by atoms with van der Waals surface area (Å²) in [6, 6.07) is -0.258. The van der Waals surface area contributed by atoms with Crippen LogP contribution in [-0.4, -0.2) is 35.8 Å². The number of carbonyl (C=O) groups excluding carboxylic acids is 2. The quantitative estimate of drug-likeness (QED) is 0.686. The monoisotopic (exact) mass is 210 g/mol. The Bertz CT molecular complexity index is 299. The Morgan fingerprint density at radius 1 is 1.53 bits per heavy atom. The molecule has 1 N–H and O–H groups in total.